The Labute approximate surface area is 178 Å². The predicted molar refractivity (Wildman–Crippen MR) is 121 cm³/mol. The topological polar surface area (TPSA) is 64.0 Å². The van der Waals surface area contributed by atoms with Crippen molar-refractivity contribution in [2.75, 3.05) is 11.1 Å². The van der Waals surface area contributed by atoms with Gasteiger partial charge in [0.15, 0.2) is 5.16 Å². The van der Waals surface area contributed by atoms with Crippen LogP contribution in [0.4, 0.5) is 5.69 Å². The highest BCUT2D eigenvalue weighted by molar-refractivity contribution is 7.99. The van der Waals surface area contributed by atoms with E-state index in [1.54, 1.807) is 23.0 Å². The monoisotopic (exact) mass is 427 g/mol. The number of hydrogen-bond acceptors (Lipinski definition) is 5. The number of nitrogens with one attached hydrogen (secondary N) is 1. The summed E-state index contributed by atoms with van der Waals surface area (Å²) < 4.78 is 1.57. The van der Waals surface area contributed by atoms with Crippen molar-refractivity contribution < 1.29 is 4.79 Å². The van der Waals surface area contributed by atoms with Gasteiger partial charge in [-0.1, -0.05) is 44.7 Å². The normalized spacial score (nSPS) is 13.7. The first-order chi connectivity index (χ1) is 13.7. The van der Waals surface area contributed by atoms with Crippen molar-refractivity contribution in [1.29, 1.82) is 0 Å². The van der Waals surface area contributed by atoms with Gasteiger partial charge >= 0.3 is 0 Å². The highest BCUT2D eigenvalue weighted by Gasteiger charge is 2.22. The van der Waals surface area contributed by atoms with E-state index < -0.39 is 0 Å². The minimum atomic E-state index is -0.110. The quantitative estimate of drug-likeness (QED) is 0.491. The maximum absolute atomic E-state index is 12.8. The average molecular weight is 428 g/mol. The number of fused-ring (bicyclic) bond motifs is 3. The zero-order valence-corrected chi connectivity index (χ0v) is 18.8. The van der Waals surface area contributed by atoms with Gasteiger partial charge in [-0.25, -0.2) is 4.98 Å². The van der Waals surface area contributed by atoms with Crippen LogP contribution in [0.3, 0.4) is 0 Å². The molecule has 1 aliphatic carbocycles. The molecule has 29 heavy (non-hydrogen) atoms. The molecule has 0 atom stereocenters. The van der Waals surface area contributed by atoms with Gasteiger partial charge in [0.2, 0.25) is 5.91 Å². The molecule has 1 aromatic carbocycles. The summed E-state index contributed by atoms with van der Waals surface area (Å²) in [6, 6.07) is 7.93. The smallest absolute Gasteiger partial charge is 0.262 e. The molecule has 0 spiro atoms. The van der Waals surface area contributed by atoms with E-state index in [1.807, 2.05) is 24.3 Å². The van der Waals surface area contributed by atoms with Gasteiger partial charge in [0.05, 0.1) is 11.1 Å². The minimum Gasteiger partial charge on any atom is -0.325 e. The van der Waals surface area contributed by atoms with E-state index in [2.05, 4.69) is 31.1 Å². The summed E-state index contributed by atoms with van der Waals surface area (Å²) in [5, 5.41) is 4.28. The van der Waals surface area contributed by atoms with E-state index >= 15 is 0 Å². The Hall–Kier alpha value is -2.12. The summed E-state index contributed by atoms with van der Waals surface area (Å²) >= 11 is 2.92. The van der Waals surface area contributed by atoms with Gasteiger partial charge in [0.25, 0.3) is 5.56 Å². The van der Waals surface area contributed by atoms with Gasteiger partial charge in [-0.2, -0.15) is 0 Å². The molecule has 2 heterocycles. The van der Waals surface area contributed by atoms with E-state index in [1.165, 1.54) is 27.8 Å². The molecule has 3 aromatic rings. The van der Waals surface area contributed by atoms with Gasteiger partial charge in [0, 0.05) is 17.6 Å². The summed E-state index contributed by atoms with van der Waals surface area (Å²) in [6.07, 6.45) is 3.13. The van der Waals surface area contributed by atoms with Crippen molar-refractivity contribution in [3.05, 3.63) is 50.6 Å². The lowest BCUT2D eigenvalue weighted by atomic mass is 9.87. The fourth-order valence-corrected chi connectivity index (χ4v) is 5.69. The number of carbonyl (C=O) groups is 1. The second-order valence-electron chi connectivity index (χ2n) is 8.46. The molecule has 1 N–H and O–H groups in total. The van der Waals surface area contributed by atoms with E-state index in [4.69, 9.17) is 0 Å². The lowest BCUT2D eigenvalue weighted by Gasteiger charge is -2.19. The summed E-state index contributed by atoms with van der Waals surface area (Å²) in [5.74, 6) is 0.0966. The molecular formula is C22H25N3O2S2. The fourth-order valence-electron chi connectivity index (χ4n) is 3.62. The number of hydrogen-bond donors (Lipinski definition) is 1. The second kappa shape index (κ2) is 7.61. The Morgan fingerprint density at radius 1 is 1.24 bits per heavy atom. The molecule has 0 unspecified atom stereocenters. The summed E-state index contributed by atoms with van der Waals surface area (Å²) in [6.45, 7) is 6.48. The van der Waals surface area contributed by atoms with Crippen LogP contribution in [0.25, 0.3) is 10.2 Å². The van der Waals surface area contributed by atoms with Gasteiger partial charge in [-0.3, -0.25) is 14.2 Å². The molecule has 0 saturated heterocycles. The largest absolute Gasteiger partial charge is 0.325 e. The molecule has 0 fully saturated rings. The first-order valence-corrected chi connectivity index (χ1v) is 11.6. The maximum Gasteiger partial charge on any atom is 0.262 e. The van der Waals surface area contributed by atoms with Crippen LogP contribution in [-0.4, -0.2) is 21.2 Å². The Morgan fingerprint density at radius 2 is 1.97 bits per heavy atom. The molecule has 4 rings (SSSR count). The molecule has 152 valence electrons. The Morgan fingerprint density at radius 3 is 2.66 bits per heavy atom. The number of anilines is 1. The van der Waals surface area contributed by atoms with E-state index in [9.17, 15) is 9.59 Å². The van der Waals surface area contributed by atoms with Crippen LogP contribution in [0.1, 0.15) is 43.2 Å². The Bertz CT molecular complexity index is 1140. The van der Waals surface area contributed by atoms with E-state index in [-0.39, 0.29) is 22.6 Å². The van der Waals surface area contributed by atoms with Gasteiger partial charge in [-0.15, -0.1) is 11.3 Å². The lowest BCUT2D eigenvalue weighted by molar-refractivity contribution is -0.113. The predicted octanol–water partition coefficient (Wildman–Crippen LogP) is 4.51. The van der Waals surface area contributed by atoms with Crippen LogP contribution in [0.5, 0.6) is 0 Å². The molecule has 1 aliphatic rings. The van der Waals surface area contributed by atoms with Crippen molar-refractivity contribution >= 4 is 44.9 Å². The first-order valence-electron chi connectivity index (χ1n) is 9.78. The minimum absolute atomic E-state index is 0.00456. The van der Waals surface area contributed by atoms with Crippen molar-refractivity contribution in [3.63, 3.8) is 0 Å². The van der Waals surface area contributed by atoms with Crippen LogP contribution in [0, 0.1) is 0 Å². The molecule has 0 saturated carbocycles. The third-order valence-electron chi connectivity index (χ3n) is 5.27. The Balaban J connectivity index is 1.46. The summed E-state index contributed by atoms with van der Waals surface area (Å²) in [4.78, 5) is 32.0. The first kappa shape index (κ1) is 20.2. The molecule has 7 heteroatoms. The van der Waals surface area contributed by atoms with Gasteiger partial charge < -0.3 is 5.32 Å². The van der Waals surface area contributed by atoms with Gasteiger partial charge in [-0.05, 0) is 47.9 Å². The Kier molecular flexibility index (Phi) is 5.29. The molecule has 5 nitrogen and oxygen atoms in total. The lowest BCUT2D eigenvalue weighted by Crippen LogP contribution is -2.21. The van der Waals surface area contributed by atoms with Crippen LogP contribution < -0.4 is 10.9 Å². The van der Waals surface area contributed by atoms with E-state index in [0.29, 0.717) is 5.16 Å². The number of thiophene rings is 1. The standard InChI is InChI=1S/C22H25N3O2S2/c1-22(2,3)13-8-10-14(11-9-13)23-17(26)12-28-21-24-19-18(20(27)25(21)4)15-6-5-7-16(15)29-19/h8-11H,5-7,12H2,1-4H3,(H,23,26). The van der Waals surface area contributed by atoms with Gasteiger partial charge in [0.1, 0.15) is 4.83 Å². The zero-order chi connectivity index (χ0) is 20.8. The number of aromatic nitrogens is 2. The van der Waals surface area contributed by atoms with Crippen molar-refractivity contribution in [2.45, 2.75) is 50.6 Å². The average Bonchev–Trinajstić information content (AvgIpc) is 3.24. The summed E-state index contributed by atoms with van der Waals surface area (Å²) in [7, 11) is 1.74. The molecule has 1 amide bonds. The fraction of sp³-hybridized carbons (Fsp3) is 0.409. The zero-order valence-electron chi connectivity index (χ0n) is 17.2. The number of thioether (sulfide) groups is 1. The number of aryl methyl sites for hydroxylation is 2. The third kappa shape index (κ3) is 3.98. The summed E-state index contributed by atoms with van der Waals surface area (Å²) in [5.41, 5.74) is 3.26. The molecule has 0 aliphatic heterocycles. The van der Waals surface area contributed by atoms with E-state index in [0.717, 1.165) is 35.2 Å². The molecular weight excluding hydrogens is 402 g/mol. The number of carbonyl (C=O) groups excluding carboxylic acids is 1. The van der Waals surface area contributed by atoms with Crippen molar-refractivity contribution in [3.8, 4) is 0 Å². The second-order valence-corrected chi connectivity index (χ2v) is 10.5. The van der Waals surface area contributed by atoms with Crippen molar-refractivity contribution in [2.24, 2.45) is 7.05 Å². The van der Waals surface area contributed by atoms with Crippen molar-refractivity contribution in [1.82, 2.24) is 9.55 Å². The van der Waals surface area contributed by atoms with Crippen LogP contribution >= 0.6 is 23.1 Å². The molecule has 0 bridgehead atoms. The van der Waals surface area contributed by atoms with Crippen LogP contribution in [0.2, 0.25) is 0 Å². The number of benzene rings is 1. The highest BCUT2D eigenvalue weighted by Crippen LogP contribution is 2.35. The SMILES string of the molecule is Cn1c(SCC(=O)Nc2ccc(C(C)(C)C)cc2)nc2sc3c(c2c1=O)CCC3. The maximum atomic E-state index is 12.8. The molecule has 0 radical (unpaired) electrons. The number of rotatable bonds is 4. The molecule has 2 aromatic heterocycles. The van der Waals surface area contributed by atoms with Crippen LogP contribution in [-0.2, 0) is 30.1 Å². The highest BCUT2D eigenvalue weighted by atomic mass is 32.2. The third-order valence-corrected chi connectivity index (χ3v) is 7.49. The number of nitrogens with zero attached hydrogens (tertiary/aromatic N) is 2. The van der Waals surface area contributed by atoms with Crippen LogP contribution in [0.15, 0.2) is 34.2 Å². The number of amides is 1.